The number of ether oxygens (including phenoxy) is 1. The molecule has 0 saturated heterocycles. The zero-order valence-corrected chi connectivity index (χ0v) is 12.0. The minimum Gasteiger partial charge on any atom is -0.394 e. The fourth-order valence-electron chi connectivity index (χ4n) is 2.59. The number of hydrazone groups is 1. The third-order valence-corrected chi connectivity index (χ3v) is 3.69. The second kappa shape index (κ2) is 5.30. The van der Waals surface area contributed by atoms with Crippen LogP contribution < -0.4 is 10.7 Å². The number of anilines is 1. The van der Waals surface area contributed by atoms with Crippen LogP contribution in [0.25, 0.3) is 10.9 Å². The van der Waals surface area contributed by atoms with Gasteiger partial charge in [0.25, 0.3) is 0 Å². The van der Waals surface area contributed by atoms with Crippen LogP contribution in [0, 0.1) is 0 Å². The second-order valence-electron chi connectivity index (χ2n) is 4.97. The van der Waals surface area contributed by atoms with Gasteiger partial charge in [-0.2, -0.15) is 5.10 Å². The van der Waals surface area contributed by atoms with Gasteiger partial charge in [-0.25, -0.2) is 15.0 Å². The fraction of sp³-hybridized carbons (Fsp3) is 0.462. The smallest absolute Gasteiger partial charge is 0.168 e. The third kappa shape index (κ3) is 2.22. The molecule has 2 aromatic rings. The summed E-state index contributed by atoms with van der Waals surface area (Å²) in [5, 5.41) is 16.0. The molecule has 1 aliphatic rings. The van der Waals surface area contributed by atoms with Crippen LogP contribution in [0.4, 0.5) is 5.82 Å². The lowest BCUT2D eigenvalue weighted by Crippen LogP contribution is -2.28. The molecule has 8 nitrogen and oxygen atoms in total. The molecular formula is C13H18N6O2. The first-order valence-electron chi connectivity index (χ1n) is 6.71. The predicted octanol–water partition coefficient (Wildman–Crippen LogP) is -0.101. The van der Waals surface area contributed by atoms with Gasteiger partial charge in [0, 0.05) is 26.9 Å². The zero-order chi connectivity index (χ0) is 15.0. The molecular weight excluding hydrogens is 272 g/mol. The number of rotatable bonds is 5. The van der Waals surface area contributed by atoms with E-state index < -0.39 is 0 Å². The first kappa shape index (κ1) is 13.8. The van der Waals surface area contributed by atoms with E-state index in [0.29, 0.717) is 18.8 Å². The molecule has 3 rings (SSSR count). The average molecular weight is 290 g/mol. The highest BCUT2D eigenvalue weighted by Gasteiger charge is 2.24. The standard InChI is InChI=1S/C13H18N6O2/c1-18-13-10-9(15-7-16-13)5-19(11(10)12(14)17-18)4-3-8(6-20)21-2/h5,7-8,20H,3-4,6H2,1-2H3,(H2,14,17). The van der Waals surface area contributed by atoms with Crippen LogP contribution >= 0.6 is 0 Å². The van der Waals surface area contributed by atoms with Crippen LogP contribution in [-0.2, 0) is 11.3 Å². The lowest BCUT2D eigenvalue weighted by atomic mass is 10.2. The molecule has 1 unspecified atom stereocenters. The molecule has 0 aliphatic carbocycles. The van der Waals surface area contributed by atoms with E-state index in [-0.39, 0.29) is 12.7 Å². The normalized spacial score (nSPS) is 15.4. The molecule has 0 saturated carbocycles. The quantitative estimate of drug-likeness (QED) is 0.797. The first-order valence-corrected chi connectivity index (χ1v) is 6.71. The SMILES string of the molecule is COC(CO)CCn1cc2ncnc3c2c1C(N)=NN3C. The van der Waals surface area contributed by atoms with E-state index in [0.717, 1.165) is 22.4 Å². The summed E-state index contributed by atoms with van der Waals surface area (Å²) in [4.78, 5) is 8.56. The molecule has 3 N–H and O–H groups in total. The Morgan fingerprint density at radius 2 is 2.24 bits per heavy atom. The molecule has 0 radical (unpaired) electrons. The number of nitrogens with zero attached hydrogens (tertiary/aromatic N) is 5. The van der Waals surface area contributed by atoms with Gasteiger partial charge in [-0.1, -0.05) is 0 Å². The number of nitrogens with two attached hydrogens (primary N) is 1. The molecule has 112 valence electrons. The highest BCUT2D eigenvalue weighted by Crippen LogP contribution is 2.31. The predicted molar refractivity (Wildman–Crippen MR) is 79.2 cm³/mol. The maximum absolute atomic E-state index is 9.20. The van der Waals surface area contributed by atoms with Gasteiger partial charge >= 0.3 is 0 Å². The van der Waals surface area contributed by atoms with E-state index in [9.17, 15) is 5.11 Å². The monoisotopic (exact) mass is 290 g/mol. The van der Waals surface area contributed by atoms with Crippen molar-refractivity contribution in [2.75, 3.05) is 25.8 Å². The van der Waals surface area contributed by atoms with Crippen molar-refractivity contribution < 1.29 is 9.84 Å². The van der Waals surface area contributed by atoms with Crippen LogP contribution in [0.2, 0.25) is 0 Å². The summed E-state index contributed by atoms with van der Waals surface area (Å²) in [6.07, 6.45) is 3.93. The molecule has 0 amide bonds. The molecule has 2 aromatic heterocycles. The Morgan fingerprint density at radius 1 is 1.43 bits per heavy atom. The number of aryl methyl sites for hydroxylation is 1. The van der Waals surface area contributed by atoms with Crippen LogP contribution in [0.15, 0.2) is 17.6 Å². The summed E-state index contributed by atoms with van der Waals surface area (Å²) in [5.74, 6) is 1.18. The van der Waals surface area contributed by atoms with Gasteiger partial charge in [-0.3, -0.25) is 0 Å². The Balaban J connectivity index is 2.02. The van der Waals surface area contributed by atoms with E-state index in [1.165, 1.54) is 6.33 Å². The summed E-state index contributed by atoms with van der Waals surface area (Å²) >= 11 is 0. The summed E-state index contributed by atoms with van der Waals surface area (Å²) < 4.78 is 7.19. The van der Waals surface area contributed by atoms with Gasteiger partial charge in [0.1, 0.15) is 6.33 Å². The topological polar surface area (TPSA) is 102 Å². The molecule has 0 aromatic carbocycles. The van der Waals surface area contributed by atoms with Gasteiger partial charge in [0.15, 0.2) is 11.7 Å². The third-order valence-electron chi connectivity index (χ3n) is 3.69. The van der Waals surface area contributed by atoms with Crippen molar-refractivity contribution in [3.05, 3.63) is 18.2 Å². The summed E-state index contributed by atoms with van der Waals surface area (Å²) in [7, 11) is 3.40. The Morgan fingerprint density at radius 3 is 2.95 bits per heavy atom. The van der Waals surface area contributed by atoms with Gasteiger partial charge in [0.05, 0.1) is 29.3 Å². The van der Waals surface area contributed by atoms with E-state index in [1.54, 1.807) is 12.1 Å². The molecule has 1 atom stereocenters. The van der Waals surface area contributed by atoms with Gasteiger partial charge < -0.3 is 20.1 Å². The molecule has 0 fully saturated rings. The molecule has 0 bridgehead atoms. The average Bonchev–Trinajstić information content (AvgIpc) is 2.85. The molecule has 3 heterocycles. The van der Waals surface area contributed by atoms with Crippen LogP contribution in [0.3, 0.4) is 0 Å². The van der Waals surface area contributed by atoms with E-state index in [2.05, 4.69) is 15.1 Å². The van der Waals surface area contributed by atoms with Gasteiger partial charge in [-0.15, -0.1) is 0 Å². The first-order chi connectivity index (χ1) is 10.2. The number of aliphatic hydroxyl groups is 1. The van der Waals surface area contributed by atoms with Crippen molar-refractivity contribution in [1.82, 2.24) is 14.5 Å². The van der Waals surface area contributed by atoms with Gasteiger partial charge in [0.2, 0.25) is 0 Å². The summed E-state index contributed by atoms with van der Waals surface area (Å²) in [6.45, 7) is 0.647. The van der Waals surface area contributed by atoms with Gasteiger partial charge in [-0.05, 0) is 6.42 Å². The number of aliphatic hydroxyl groups excluding tert-OH is 1. The highest BCUT2D eigenvalue weighted by molar-refractivity contribution is 6.13. The van der Waals surface area contributed by atoms with Crippen molar-refractivity contribution in [1.29, 1.82) is 0 Å². The van der Waals surface area contributed by atoms with Crippen molar-refractivity contribution in [2.45, 2.75) is 19.1 Å². The number of hydrogen-bond donors (Lipinski definition) is 2. The molecule has 1 aliphatic heterocycles. The molecule has 8 heteroatoms. The maximum Gasteiger partial charge on any atom is 0.168 e. The molecule has 21 heavy (non-hydrogen) atoms. The minimum absolute atomic E-state index is 0.00993. The minimum atomic E-state index is -0.197. The lowest BCUT2D eigenvalue weighted by Gasteiger charge is -2.20. The maximum atomic E-state index is 9.20. The second-order valence-corrected chi connectivity index (χ2v) is 4.97. The Hall–Kier alpha value is -2.19. The Kier molecular flexibility index (Phi) is 3.48. The van der Waals surface area contributed by atoms with Crippen molar-refractivity contribution >= 4 is 22.6 Å². The van der Waals surface area contributed by atoms with E-state index >= 15 is 0 Å². The molecule has 0 spiro atoms. The summed E-state index contributed by atoms with van der Waals surface area (Å²) in [6, 6.07) is 0. The van der Waals surface area contributed by atoms with Crippen molar-refractivity contribution in [3.8, 4) is 0 Å². The van der Waals surface area contributed by atoms with Crippen LogP contribution in [0.1, 0.15) is 12.1 Å². The van der Waals surface area contributed by atoms with Crippen LogP contribution in [-0.4, -0.2) is 52.3 Å². The van der Waals surface area contributed by atoms with Crippen molar-refractivity contribution in [2.24, 2.45) is 10.8 Å². The zero-order valence-electron chi connectivity index (χ0n) is 12.0. The number of amidine groups is 1. The van der Waals surface area contributed by atoms with Crippen molar-refractivity contribution in [3.63, 3.8) is 0 Å². The number of hydrogen-bond acceptors (Lipinski definition) is 7. The summed E-state index contributed by atoms with van der Waals surface area (Å²) in [5.41, 5.74) is 7.72. The van der Waals surface area contributed by atoms with E-state index in [1.807, 2.05) is 17.8 Å². The Bertz CT molecular complexity index is 691. The largest absolute Gasteiger partial charge is 0.394 e. The fourth-order valence-corrected chi connectivity index (χ4v) is 2.59. The van der Waals surface area contributed by atoms with Crippen LogP contribution in [0.5, 0.6) is 0 Å². The lowest BCUT2D eigenvalue weighted by molar-refractivity contribution is 0.0404. The Labute approximate surface area is 121 Å². The number of methoxy groups -OCH3 is 1. The highest BCUT2D eigenvalue weighted by atomic mass is 16.5. The van der Waals surface area contributed by atoms with E-state index in [4.69, 9.17) is 10.5 Å². The number of aromatic nitrogens is 3.